The third kappa shape index (κ3) is 2.26. The number of nitrogens with one attached hydrogen (secondary N) is 1. The summed E-state index contributed by atoms with van der Waals surface area (Å²) < 4.78 is 11.0. The van der Waals surface area contributed by atoms with Crippen LogP contribution in [0.1, 0.15) is 18.7 Å². The molecule has 0 aromatic carbocycles. The molecule has 2 aliphatic rings. The Morgan fingerprint density at radius 1 is 1.47 bits per heavy atom. The van der Waals surface area contributed by atoms with Gasteiger partial charge in [0.05, 0.1) is 19.3 Å². The van der Waals surface area contributed by atoms with Gasteiger partial charge in [-0.25, -0.2) is 4.98 Å². The van der Waals surface area contributed by atoms with E-state index in [1.807, 2.05) is 6.92 Å². The Hall–Kier alpha value is -1.40. The van der Waals surface area contributed by atoms with Gasteiger partial charge >= 0.3 is 0 Å². The van der Waals surface area contributed by atoms with E-state index in [1.54, 1.807) is 13.2 Å². The fraction of sp³-hybridized carbons (Fsp3) is 0.692. The monoisotopic (exact) mass is 264 g/mol. The predicted octanol–water partition coefficient (Wildman–Crippen LogP) is 0.710. The number of anilines is 1. The van der Waals surface area contributed by atoms with Crippen LogP contribution in [0.4, 0.5) is 5.82 Å². The molecule has 1 saturated carbocycles. The van der Waals surface area contributed by atoms with Gasteiger partial charge in [-0.1, -0.05) is 0 Å². The lowest BCUT2D eigenvalue weighted by Crippen LogP contribution is -2.69. The summed E-state index contributed by atoms with van der Waals surface area (Å²) in [6, 6.07) is 2.05. The zero-order valence-electron chi connectivity index (χ0n) is 11.3. The minimum Gasteiger partial charge on any atom is -0.481 e. The van der Waals surface area contributed by atoms with Crippen molar-refractivity contribution in [3.63, 3.8) is 0 Å². The number of ether oxygens (including phenoxy) is 2. The number of nitrogens with two attached hydrogens (primary N) is 1. The predicted molar refractivity (Wildman–Crippen MR) is 71.2 cm³/mol. The van der Waals surface area contributed by atoms with Gasteiger partial charge in [0, 0.05) is 24.6 Å². The van der Waals surface area contributed by atoms with Gasteiger partial charge in [0.1, 0.15) is 11.6 Å². The molecule has 1 aromatic rings. The summed E-state index contributed by atoms with van der Waals surface area (Å²) in [6.07, 6.45) is 2.49. The highest BCUT2D eigenvalue weighted by atomic mass is 16.5. The van der Waals surface area contributed by atoms with Crippen LogP contribution >= 0.6 is 0 Å². The normalized spacial score (nSPS) is 33.2. The summed E-state index contributed by atoms with van der Waals surface area (Å²) in [5.41, 5.74) is 6.22. The molecule has 6 nitrogen and oxygen atoms in total. The van der Waals surface area contributed by atoms with Crippen molar-refractivity contribution in [1.82, 2.24) is 9.97 Å². The van der Waals surface area contributed by atoms with E-state index in [9.17, 15) is 0 Å². The summed E-state index contributed by atoms with van der Waals surface area (Å²) >= 11 is 0. The highest BCUT2D eigenvalue weighted by Crippen LogP contribution is 2.38. The Morgan fingerprint density at radius 2 is 2.32 bits per heavy atom. The van der Waals surface area contributed by atoms with E-state index in [4.69, 9.17) is 15.2 Å². The highest BCUT2D eigenvalue weighted by Gasteiger charge is 2.50. The standard InChI is InChI=1S/C13H20N4O2/c1-7-15-9(6-10(16-7)18-2)17-12-11(14)8-4-3-5-19-13(8)12/h6,8,11-13H,3-5,14H2,1-2H3,(H,15,16,17). The number of hydrogen-bond donors (Lipinski definition) is 2. The number of aryl methyl sites for hydroxylation is 1. The summed E-state index contributed by atoms with van der Waals surface area (Å²) in [7, 11) is 1.60. The molecule has 0 radical (unpaired) electrons. The summed E-state index contributed by atoms with van der Waals surface area (Å²) in [5.74, 6) is 2.47. The topological polar surface area (TPSA) is 82.3 Å². The molecular weight excluding hydrogens is 244 g/mol. The minimum atomic E-state index is 0.129. The third-order valence-corrected chi connectivity index (χ3v) is 4.02. The Balaban J connectivity index is 1.73. The maximum absolute atomic E-state index is 6.22. The zero-order chi connectivity index (χ0) is 13.4. The number of rotatable bonds is 3. The molecule has 0 spiro atoms. The summed E-state index contributed by atoms with van der Waals surface area (Å²) in [5, 5.41) is 3.36. The lowest BCUT2D eigenvalue weighted by molar-refractivity contribution is -0.104. The first kappa shape index (κ1) is 12.6. The van der Waals surface area contributed by atoms with Crippen LogP contribution in [0.3, 0.4) is 0 Å². The first-order chi connectivity index (χ1) is 9.19. The molecule has 0 amide bonds. The lowest BCUT2D eigenvalue weighted by Gasteiger charge is -2.52. The second-order valence-corrected chi connectivity index (χ2v) is 5.23. The molecule has 1 saturated heterocycles. The van der Waals surface area contributed by atoms with Gasteiger partial charge in [-0.3, -0.25) is 0 Å². The summed E-state index contributed by atoms with van der Waals surface area (Å²) in [4.78, 5) is 8.53. The first-order valence-electron chi connectivity index (χ1n) is 6.72. The smallest absolute Gasteiger partial charge is 0.218 e. The SMILES string of the molecule is COc1cc(NC2C(N)C3CCCOC32)nc(C)n1. The molecule has 3 N–H and O–H groups in total. The fourth-order valence-electron chi connectivity index (χ4n) is 3.02. The fourth-order valence-corrected chi connectivity index (χ4v) is 3.02. The van der Waals surface area contributed by atoms with Crippen LogP contribution in [-0.2, 0) is 4.74 Å². The van der Waals surface area contributed by atoms with Gasteiger partial charge in [-0.15, -0.1) is 0 Å². The quantitative estimate of drug-likeness (QED) is 0.836. The minimum absolute atomic E-state index is 0.129. The molecule has 19 heavy (non-hydrogen) atoms. The van der Waals surface area contributed by atoms with Gasteiger partial charge in [0.2, 0.25) is 5.88 Å². The van der Waals surface area contributed by atoms with Crippen LogP contribution in [0.5, 0.6) is 5.88 Å². The molecule has 3 rings (SSSR count). The number of methoxy groups -OCH3 is 1. The van der Waals surface area contributed by atoms with Crippen molar-refractivity contribution in [1.29, 1.82) is 0 Å². The molecule has 4 unspecified atom stereocenters. The Labute approximate surface area is 112 Å². The van der Waals surface area contributed by atoms with Crippen LogP contribution in [0.15, 0.2) is 6.07 Å². The lowest BCUT2D eigenvalue weighted by atomic mass is 9.68. The van der Waals surface area contributed by atoms with Gasteiger partial charge < -0.3 is 20.5 Å². The molecule has 104 valence electrons. The molecular formula is C13H20N4O2. The van der Waals surface area contributed by atoms with Gasteiger partial charge in [0.15, 0.2) is 0 Å². The molecule has 0 bridgehead atoms. The van der Waals surface area contributed by atoms with E-state index in [0.29, 0.717) is 17.6 Å². The van der Waals surface area contributed by atoms with Crippen LogP contribution in [0, 0.1) is 12.8 Å². The molecule has 1 aliphatic heterocycles. The van der Waals surface area contributed by atoms with Crippen molar-refractivity contribution in [3.8, 4) is 5.88 Å². The number of fused-ring (bicyclic) bond motifs is 1. The maximum Gasteiger partial charge on any atom is 0.218 e. The molecule has 1 aromatic heterocycles. The van der Waals surface area contributed by atoms with Crippen molar-refractivity contribution in [2.75, 3.05) is 19.0 Å². The Bertz CT molecular complexity index is 468. The average Bonchev–Trinajstić information content (AvgIpc) is 2.43. The van der Waals surface area contributed by atoms with E-state index >= 15 is 0 Å². The van der Waals surface area contributed by atoms with Crippen molar-refractivity contribution in [2.45, 2.75) is 38.0 Å². The molecule has 4 atom stereocenters. The number of nitrogens with zero attached hydrogens (tertiary/aromatic N) is 2. The molecule has 1 aliphatic carbocycles. The second-order valence-electron chi connectivity index (χ2n) is 5.23. The van der Waals surface area contributed by atoms with E-state index in [2.05, 4.69) is 15.3 Å². The van der Waals surface area contributed by atoms with Crippen molar-refractivity contribution < 1.29 is 9.47 Å². The zero-order valence-corrected chi connectivity index (χ0v) is 11.3. The van der Waals surface area contributed by atoms with Crippen LogP contribution in [0.25, 0.3) is 0 Å². The van der Waals surface area contributed by atoms with E-state index in [0.717, 1.165) is 25.3 Å². The number of aromatic nitrogens is 2. The van der Waals surface area contributed by atoms with E-state index < -0.39 is 0 Å². The van der Waals surface area contributed by atoms with Crippen molar-refractivity contribution in [2.24, 2.45) is 11.7 Å². The van der Waals surface area contributed by atoms with Gasteiger partial charge in [-0.05, 0) is 19.8 Å². The average molecular weight is 264 g/mol. The summed E-state index contributed by atoms with van der Waals surface area (Å²) in [6.45, 7) is 2.67. The van der Waals surface area contributed by atoms with Crippen molar-refractivity contribution in [3.05, 3.63) is 11.9 Å². The third-order valence-electron chi connectivity index (χ3n) is 4.02. The largest absolute Gasteiger partial charge is 0.481 e. The molecule has 2 heterocycles. The van der Waals surface area contributed by atoms with Crippen molar-refractivity contribution >= 4 is 5.82 Å². The Morgan fingerprint density at radius 3 is 3.11 bits per heavy atom. The van der Waals surface area contributed by atoms with Crippen LogP contribution in [-0.4, -0.2) is 41.9 Å². The van der Waals surface area contributed by atoms with E-state index in [-0.39, 0.29) is 18.2 Å². The maximum atomic E-state index is 6.22. The van der Waals surface area contributed by atoms with Crippen LogP contribution in [0.2, 0.25) is 0 Å². The van der Waals surface area contributed by atoms with Crippen LogP contribution < -0.4 is 15.8 Å². The van der Waals surface area contributed by atoms with Gasteiger partial charge in [0.25, 0.3) is 0 Å². The molecule has 2 fully saturated rings. The highest BCUT2D eigenvalue weighted by molar-refractivity contribution is 5.41. The van der Waals surface area contributed by atoms with Gasteiger partial charge in [-0.2, -0.15) is 4.98 Å². The molecule has 6 heteroatoms. The first-order valence-corrected chi connectivity index (χ1v) is 6.72. The Kier molecular flexibility index (Phi) is 3.28. The number of hydrogen-bond acceptors (Lipinski definition) is 6. The van der Waals surface area contributed by atoms with E-state index in [1.165, 1.54) is 0 Å². The second kappa shape index (κ2) is 4.94.